The maximum Gasteiger partial charge on any atom is 0.416 e. The number of aromatic nitrogens is 4. The summed E-state index contributed by atoms with van der Waals surface area (Å²) in [6.07, 6.45) is -2.79. The van der Waals surface area contributed by atoms with Gasteiger partial charge in [-0.2, -0.15) is 13.2 Å². The Balaban J connectivity index is 1.80. The molecule has 0 fully saturated rings. The third-order valence-corrected chi connectivity index (χ3v) is 4.74. The van der Waals surface area contributed by atoms with E-state index in [1.807, 2.05) is 19.1 Å². The van der Waals surface area contributed by atoms with Crippen molar-refractivity contribution in [1.29, 1.82) is 0 Å². The summed E-state index contributed by atoms with van der Waals surface area (Å²) in [4.78, 5) is 29.7. The molecule has 0 atom stereocenters. The summed E-state index contributed by atoms with van der Waals surface area (Å²) >= 11 is 0. The lowest BCUT2D eigenvalue weighted by atomic mass is 10.1. The zero-order valence-electron chi connectivity index (χ0n) is 17.6. The topological polar surface area (TPSA) is 89.9 Å². The van der Waals surface area contributed by atoms with E-state index in [9.17, 15) is 18.0 Å². The summed E-state index contributed by atoms with van der Waals surface area (Å²) in [5, 5.41) is 3.42. The minimum Gasteiger partial charge on any atom is -0.460 e. The van der Waals surface area contributed by atoms with E-state index in [1.165, 1.54) is 12.1 Å². The molecule has 0 unspecified atom stereocenters. The number of nitrogens with one attached hydrogen (secondary N) is 1. The average molecular weight is 453 g/mol. The largest absolute Gasteiger partial charge is 0.460 e. The van der Waals surface area contributed by atoms with E-state index in [-0.39, 0.29) is 23.9 Å². The number of alkyl halides is 3. The fraction of sp³-hybridized carbons (Fsp3) is 0.174. The van der Waals surface area contributed by atoms with Crippen molar-refractivity contribution in [1.82, 2.24) is 19.9 Å². The maximum atomic E-state index is 12.9. The van der Waals surface area contributed by atoms with Gasteiger partial charge in [0.25, 0.3) is 0 Å². The number of nitrogens with zero attached hydrogens (tertiary/aromatic N) is 4. The molecule has 0 aliphatic rings. The lowest BCUT2D eigenvalue weighted by Gasteiger charge is -2.12. The molecule has 4 rings (SSSR count). The number of rotatable bonds is 5. The third-order valence-electron chi connectivity index (χ3n) is 4.74. The van der Waals surface area contributed by atoms with Crippen LogP contribution in [0.1, 0.15) is 28.7 Å². The summed E-state index contributed by atoms with van der Waals surface area (Å²) in [6.45, 7) is 3.68. The molecule has 0 bridgehead atoms. The second kappa shape index (κ2) is 8.81. The van der Waals surface area contributed by atoms with E-state index in [1.54, 1.807) is 25.3 Å². The van der Waals surface area contributed by atoms with Crippen LogP contribution in [0, 0.1) is 6.92 Å². The minimum atomic E-state index is -4.44. The molecular weight excluding hydrogens is 435 g/mol. The Hall–Kier alpha value is -4.08. The number of ether oxygens (including phenoxy) is 1. The third kappa shape index (κ3) is 4.74. The van der Waals surface area contributed by atoms with Gasteiger partial charge in [-0.05, 0) is 61.9 Å². The van der Waals surface area contributed by atoms with Gasteiger partial charge in [-0.15, -0.1) is 0 Å². The molecule has 7 nitrogen and oxygen atoms in total. The first-order valence-corrected chi connectivity index (χ1v) is 9.98. The Morgan fingerprint density at radius 1 is 1.03 bits per heavy atom. The van der Waals surface area contributed by atoms with Gasteiger partial charge in [0.05, 0.1) is 28.9 Å². The van der Waals surface area contributed by atoms with Crippen LogP contribution in [-0.4, -0.2) is 32.5 Å². The predicted octanol–water partition coefficient (Wildman–Crippen LogP) is 5.33. The van der Waals surface area contributed by atoms with Crippen LogP contribution < -0.4 is 5.32 Å². The van der Waals surface area contributed by atoms with Gasteiger partial charge in [0, 0.05) is 11.9 Å². The first kappa shape index (κ1) is 22.1. The van der Waals surface area contributed by atoms with Crippen molar-refractivity contribution in [3.63, 3.8) is 0 Å². The van der Waals surface area contributed by atoms with E-state index < -0.39 is 17.7 Å². The number of esters is 1. The van der Waals surface area contributed by atoms with E-state index in [0.717, 1.165) is 17.7 Å². The zero-order chi connectivity index (χ0) is 23.6. The van der Waals surface area contributed by atoms with Gasteiger partial charge in [0.1, 0.15) is 5.82 Å². The summed E-state index contributed by atoms with van der Waals surface area (Å²) in [5.41, 5.74) is 1.91. The van der Waals surface area contributed by atoms with Crippen molar-refractivity contribution >= 4 is 28.5 Å². The minimum absolute atomic E-state index is 0.127. The van der Waals surface area contributed by atoms with Crippen molar-refractivity contribution in [3.8, 4) is 11.4 Å². The standard InChI is InChI=1S/C23H18F3N5O2/c1-3-33-22(32)21-30-19(28-15-8-6-14(7-9-15)23(24,25)26)16-10-11-17(29-20(16)31-21)18-13(2)5-4-12-27-18/h4-12H,3H2,1-2H3,(H,28,29,30,31). The fourth-order valence-electron chi connectivity index (χ4n) is 3.16. The Morgan fingerprint density at radius 2 is 1.79 bits per heavy atom. The molecule has 3 aromatic heterocycles. The van der Waals surface area contributed by atoms with E-state index in [0.29, 0.717) is 22.5 Å². The molecule has 0 spiro atoms. The zero-order valence-corrected chi connectivity index (χ0v) is 17.6. The Labute approximate surface area is 186 Å². The molecule has 33 heavy (non-hydrogen) atoms. The van der Waals surface area contributed by atoms with Gasteiger partial charge in [-0.25, -0.2) is 19.7 Å². The number of aryl methyl sites for hydroxylation is 1. The summed E-state index contributed by atoms with van der Waals surface area (Å²) in [6, 6.07) is 11.6. The molecule has 0 amide bonds. The predicted molar refractivity (Wildman–Crippen MR) is 116 cm³/mol. The summed E-state index contributed by atoms with van der Waals surface area (Å²) in [5.74, 6) is -0.753. The smallest absolute Gasteiger partial charge is 0.416 e. The van der Waals surface area contributed by atoms with E-state index in [2.05, 4.69) is 25.3 Å². The molecule has 0 saturated carbocycles. The molecule has 3 heterocycles. The number of carbonyl (C=O) groups is 1. The quantitative estimate of drug-likeness (QED) is 0.408. The second-order valence-electron chi connectivity index (χ2n) is 7.05. The molecule has 0 aliphatic heterocycles. The molecule has 0 saturated heterocycles. The lowest BCUT2D eigenvalue weighted by molar-refractivity contribution is -0.137. The van der Waals surface area contributed by atoms with Crippen LogP contribution in [0.2, 0.25) is 0 Å². The van der Waals surface area contributed by atoms with Crippen LogP contribution >= 0.6 is 0 Å². The number of halogens is 3. The van der Waals surface area contributed by atoms with Crippen LogP contribution in [-0.2, 0) is 10.9 Å². The number of fused-ring (bicyclic) bond motifs is 1. The Morgan fingerprint density at radius 3 is 2.45 bits per heavy atom. The van der Waals surface area contributed by atoms with Crippen LogP contribution in [0.4, 0.5) is 24.7 Å². The second-order valence-corrected chi connectivity index (χ2v) is 7.05. The van der Waals surface area contributed by atoms with Crippen molar-refractivity contribution in [2.45, 2.75) is 20.0 Å². The number of hydrogen-bond donors (Lipinski definition) is 1. The number of carbonyl (C=O) groups excluding carboxylic acids is 1. The highest BCUT2D eigenvalue weighted by Crippen LogP contribution is 2.31. The average Bonchev–Trinajstić information content (AvgIpc) is 2.79. The molecule has 168 valence electrons. The van der Waals surface area contributed by atoms with Crippen LogP contribution in [0.3, 0.4) is 0 Å². The van der Waals surface area contributed by atoms with E-state index in [4.69, 9.17) is 4.74 Å². The van der Waals surface area contributed by atoms with Gasteiger partial charge in [0.15, 0.2) is 5.65 Å². The van der Waals surface area contributed by atoms with Gasteiger partial charge in [0.2, 0.25) is 5.82 Å². The summed E-state index contributed by atoms with van der Waals surface area (Å²) in [7, 11) is 0. The Bertz CT molecular complexity index is 1320. The highest BCUT2D eigenvalue weighted by atomic mass is 19.4. The molecule has 10 heteroatoms. The number of hydrogen-bond acceptors (Lipinski definition) is 7. The fourth-order valence-corrected chi connectivity index (χ4v) is 3.16. The first-order valence-electron chi connectivity index (χ1n) is 9.98. The maximum absolute atomic E-state index is 12.9. The molecule has 0 radical (unpaired) electrons. The normalized spacial score (nSPS) is 11.4. The molecule has 1 aromatic carbocycles. The van der Waals surface area contributed by atoms with Gasteiger partial charge >= 0.3 is 12.1 Å². The molecular formula is C23H18F3N5O2. The Kier molecular flexibility index (Phi) is 5.91. The summed E-state index contributed by atoms with van der Waals surface area (Å²) < 4.78 is 43.6. The molecule has 4 aromatic rings. The lowest BCUT2D eigenvalue weighted by Crippen LogP contribution is -2.12. The van der Waals surface area contributed by atoms with Gasteiger partial charge < -0.3 is 10.1 Å². The molecule has 0 aliphatic carbocycles. The molecule has 1 N–H and O–H groups in total. The SMILES string of the molecule is CCOC(=O)c1nc(Nc2ccc(C(F)(F)F)cc2)c2ccc(-c3ncccc3C)nc2n1. The van der Waals surface area contributed by atoms with Gasteiger partial charge in [-0.1, -0.05) is 6.07 Å². The monoisotopic (exact) mass is 453 g/mol. The highest BCUT2D eigenvalue weighted by Gasteiger charge is 2.30. The van der Waals surface area contributed by atoms with Gasteiger partial charge in [-0.3, -0.25) is 4.98 Å². The van der Waals surface area contributed by atoms with Crippen LogP contribution in [0.5, 0.6) is 0 Å². The van der Waals surface area contributed by atoms with Crippen LogP contribution in [0.15, 0.2) is 54.7 Å². The first-order chi connectivity index (χ1) is 15.8. The number of anilines is 2. The highest BCUT2D eigenvalue weighted by molar-refractivity contribution is 5.94. The van der Waals surface area contributed by atoms with Crippen LogP contribution in [0.25, 0.3) is 22.4 Å². The number of pyridine rings is 2. The number of benzene rings is 1. The van der Waals surface area contributed by atoms with Crippen molar-refractivity contribution < 1.29 is 22.7 Å². The van der Waals surface area contributed by atoms with E-state index >= 15 is 0 Å². The van der Waals surface area contributed by atoms with Crippen molar-refractivity contribution in [3.05, 3.63) is 71.7 Å². The van der Waals surface area contributed by atoms with Crippen molar-refractivity contribution in [2.75, 3.05) is 11.9 Å². The van der Waals surface area contributed by atoms with Crippen molar-refractivity contribution in [2.24, 2.45) is 0 Å².